The van der Waals surface area contributed by atoms with Crippen LogP contribution < -0.4 is 5.32 Å². The van der Waals surface area contributed by atoms with Gasteiger partial charge in [0, 0.05) is 28.0 Å². The molecule has 0 aliphatic rings. The second-order valence-electron chi connectivity index (χ2n) is 5.42. The number of benzene rings is 2. The molecule has 0 aromatic heterocycles. The van der Waals surface area contributed by atoms with Crippen LogP contribution in [0.1, 0.15) is 11.7 Å². The molecule has 0 aliphatic carbocycles. The van der Waals surface area contributed by atoms with E-state index in [0.717, 1.165) is 9.65 Å². The maximum Gasteiger partial charge on any atom is 0.412 e. The number of rotatable bonds is 7. The fourth-order valence-corrected chi connectivity index (χ4v) is 2.84. The van der Waals surface area contributed by atoms with Crippen molar-refractivity contribution in [3.63, 3.8) is 0 Å². The quantitative estimate of drug-likeness (QED) is 0.407. The Labute approximate surface area is 169 Å². The fourth-order valence-electron chi connectivity index (χ4n) is 2.33. The molecule has 0 saturated heterocycles. The number of ether oxygens (including phenoxy) is 2. The first-order chi connectivity index (χ1) is 12.9. The Kier molecular flexibility index (Phi) is 7.62. The zero-order chi connectivity index (χ0) is 19.8. The molecule has 0 saturated carbocycles. The summed E-state index contributed by atoms with van der Waals surface area (Å²) in [6, 6.07) is 13.5. The van der Waals surface area contributed by atoms with Gasteiger partial charge < -0.3 is 19.7 Å². The van der Waals surface area contributed by atoms with Gasteiger partial charge in [-0.3, -0.25) is 5.32 Å². The smallest absolute Gasteiger partial charge is 0.412 e. The van der Waals surface area contributed by atoms with Gasteiger partial charge in [-0.05, 0) is 59.0 Å². The minimum absolute atomic E-state index is 0.0984. The first kappa shape index (κ1) is 20.7. The molecular weight excluding hydrogens is 465 g/mol. The highest BCUT2D eigenvalue weighted by Crippen LogP contribution is 2.33. The lowest BCUT2D eigenvalue weighted by molar-refractivity contribution is -0.131. The van der Waals surface area contributed by atoms with Gasteiger partial charge in [0.2, 0.25) is 0 Å². The topological polar surface area (TPSA) is 105 Å². The zero-order valence-corrected chi connectivity index (χ0v) is 16.5. The van der Waals surface area contributed by atoms with Gasteiger partial charge in [-0.15, -0.1) is 0 Å². The number of amides is 1. The molecule has 7 nitrogen and oxygen atoms in total. The summed E-state index contributed by atoms with van der Waals surface area (Å²) >= 11 is 2.06. The van der Waals surface area contributed by atoms with Gasteiger partial charge in [0.25, 0.3) is 0 Å². The van der Waals surface area contributed by atoms with Crippen molar-refractivity contribution in [1.82, 2.24) is 0 Å². The van der Waals surface area contributed by atoms with Crippen LogP contribution >= 0.6 is 22.6 Å². The number of phenols is 1. The molecule has 1 amide bonds. The number of aromatic hydroxyl groups is 1. The van der Waals surface area contributed by atoms with Crippen LogP contribution in [0.4, 0.5) is 10.5 Å². The van der Waals surface area contributed by atoms with E-state index < -0.39 is 24.3 Å². The summed E-state index contributed by atoms with van der Waals surface area (Å²) in [5.41, 5.74) is 0.829. The Morgan fingerprint density at radius 2 is 1.89 bits per heavy atom. The Hall–Kier alpha value is -2.59. The lowest BCUT2D eigenvalue weighted by atomic mass is 10.0. The SMILES string of the molecule is CO[C@@H](/C=C/C(=O)O)[C@@H](OC(=O)Nc1ccccc1)c1cc(I)ccc1O. The number of nitrogens with one attached hydrogen (secondary N) is 1. The summed E-state index contributed by atoms with van der Waals surface area (Å²) in [6.45, 7) is 0. The minimum atomic E-state index is -1.17. The van der Waals surface area contributed by atoms with Gasteiger partial charge in [0.15, 0.2) is 6.10 Å². The number of anilines is 1. The van der Waals surface area contributed by atoms with E-state index in [-0.39, 0.29) is 5.75 Å². The first-order valence-corrected chi connectivity index (χ1v) is 8.93. The number of phenolic OH excluding ortho intramolecular Hbond substituents is 1. The molecule has 0 fully saturated rings. The number of para-hydroxylation sites is 1. The number of hydrogen-bond acceptors (Lipinski definition) is 5. The molecule has 2 atom stereocenters. The summed E-state index contributed by atoms with van der Waals surface area (Å²) in [4.78, 5) is 23.2. The second kappa shape index (κ2) is 9.93. The number of aliphatic carboxylic acids is 1. The Bertz CT molecular complexity index is 824. The number of methoxy groups -OCH3 is 1. The molecule has 0 unspecified atom stereocenters. The number of carboxylic acid groups (broad SMARTS) is 1. The van der Waals surface area contributed by atoms with E-state index in [2.05, 4.69) is 27.9 Å². The molecule has 2 aromatic carbocycles. The molecule has 142 valence electrons. The molecule has 0 spiro atoms. The molecule has 27 heavy (non-hydrogen) atoms. The van der Waals surface area contributed by atoms with Gasteiger partial charge in [-0.25, -0.2) is 9.59 Å². The van der Waals surface area contributed by atoms with Crippen molar-refractivity contribution in [2.45, 2.75) is 12.2 Å². The lowest BCUT2D eigenvalue weighted by Gasteiger charge is -2.25. The standard InChI is InChI=1S/C19H18INO6/c1-26-16(9-10-17(23)24)18(14-11-12(20)7-8-15(14)22)27-19(25)21-13-5-3-2-4-6-13/h2-11,16,18,22H,1H3,(H,21,25)(H,23,24)/b10-9+/t16-,18-/m0/s1. The molecule has 2 aromatic rings. The van der Waals surface area contributed by atoms with Crippen LogP contribution in [0.2, 0.25) is 0 Å². The predicted molar refractivity (Wildman–Crippen MR) is 108 cm³/mol. The second-order valence-corrected chi connectivity index (χ2v) is 6.66. The van der Waals surface area contributed by atoms with E-state index in [9.17, 15) is 14.7 Å². The van der Waals surface area contributed by atoms with Crippen LogP contribution in [0, 0.1) is 3.57 Å². The van der Waals surface area contributed by atoms with E-state index >= 15 is 0 Å². The summed E-state index contributed by atoms with van der Waals surface area (Å²) in [5.74, 6) is -1.27. The zero-order valence-electron chi connectivity index (χ0n) is 14.3. The largest absolute Gasteiger partial charge is 0.508 e. The number of halogens is 1. The minimum Gasteiger partial charge on any atom is -0.508 e. The Morgan fingerprint density at radius 1 is 1.19 bits per heavy atom. The van der Waals surface area contributed by atoms with Gasteiger partial charge in [0.1, 0.15) is 11.9 Å². The number of hydrogen-bond donors (Lipinski definition) is 3. The van der Waals surface area contributed by atoms with Crippen molar-refractivity contribution in [3.05, 3.63) is 69.8 Å². The van der Waals surface area contributed by atoms with E-state index in [1.807, 2.05) is 0 Å². The highest BCUT2D eigenvalue weighted by molar-refractivity contribution is 14.1. The molecule has 0 bridgehead atoms. The third-order valence-corrected chi connectivity index (χ3v) is 4.22. The monoisotopic (exact) mass is 483 g/mol. The van der Waals surface area contributed by atoms with Crippen molar-refractivity contribution < 1.29 is 29.3 Å². The fraction of sp³-hybridized carbons (Fsp3) is 0.158. The summed E-state index contributed by atoms with van der Waals surface area (Å²) < 4.78 is 11.6. The summed E-state index contributed by atoms with van der Waals surface area (Å²) in [5, 5.41) is 21.7. The predicted octanol–water partition coefficient (Wildman–Crippen LogP) is 3.94. The third-order valence-electron chi connectivity index (χ3n) is 3.55. The number of carbonyl (C=O) groups excluding carboxylic acids is 1. The van der Waals surface area contributed by atoms with Crippen LogP contribution in [-0.2, 0) is 14.3 Å². The molecule has 3 N–H and O–H groups in total. The van der Waals surface area contributed by atoms with Gasteiger partial charge in [-0.1, -0.05) is 18.2 Å². The number of carboxylic acids is 1. The van der Waals surface area contributed by atoms with Crippen molar-refractivity contribution in [3.8, 4) is 5.75 Å². The normalized spacial score (nSPS) is 13.1. The molecular formula is C19H18INO6. The Morgan fingerprint density at radius 3 is 2.52 bits per heavy atom. The van der Waals surface area contributed by atoms with Crippen molar-refractivity contribution in [2.75, 3.05) is 12.4 Å². The van der Waals surface area contributed by atoms with E-state index in [4.69, 9.17) is 14.6 Å². The van der Waals surface area contributed by atoms with Crippen molar-refractivity contribution >= 4 is 40.3 Å². The molecule has 0 radical (unpaired) electrons. The third kappa shape index (κ3) is 6.26. The lowest BCUT2D eigenvalue weighted by Crippen LogP contribution is -2.27. The molecule has 8 heteroatoms. The summed E-state index contributed by atoms with van der Waals surface area (Å²) in [7, 11) is 1.35. The van der Waals surface area contributed by atoms with Crippen LogP contribution in [0.25, 0.3) is 0 Å². The maximum atomic E-state index is 12.3. The van der Waals surface area contributed by atoms with Crippen LogP contribution in [0.5, 0.6) is 5.75 Å². The molecule has 0 aliphatic heterocycles. The first-order valence-electron chi connectivity index (χ1n) is 7.85. The Balaban J connectivity index is 2.32. The van der Waals surface area contributed by atoms with E-state index in [1.165, 1.54) is 19.3 Å². The van der Waals surface area contributed by atoms with Crippen LogP contribution in [0.3, 0.4) is 0 Å². The molecule has 2 rings (SSSR count). The number of carbonyl (C=O) groups is 2. The molecule has 0 heterocycles. The average molecular weight is 483 g/mol. The van der Waals surface area contributed by atoms with E-state index in [0.29, 0.717) is 11.3 Å². The highest BCUT2D eigenvalue weighted by Gasteiger charge is 2.28. The van der Waals surface area contributed by atoms with Crippen LogP contribution in [0.15, 0.2) is 60.7 Å². The van der Waals surface area contributed by atoms with Crippen LogP contribution in [-0.4, -0.2) is 35.5 Å². The highest BCUT2D eigenvalue weighted by atomic mass is 127. The van der Waals surface area contributed by atoms with Crippen molar-refractivity contribution in [2.24, 2.45) is 0 Å². The van der Waals surface area contributed by atoms with Crippen molar-refractivity contribution in [1.29, 1.82) is 0 Å². The summed E-state index contributed by atoms with van der Waals surface area (Å²) in [6.07, 6.45) is -0.613. The average Bonchev–Trinajstić information content (AvgIpc) is 2.64. The van der Waals surface area contributed by atoms with E-state index in [1.54, 1.807) is 42.5 Å². The maximum absolute atomic E-state index is 12.3. The van der Waals surface area contributed by atoms with Gasteiger partial charge in [0.05, 0.1) is 0 Å². The van der Waals surface area contributed by atoms with Gasteiger partial charge in [-0.2, -0.15) is 0 Å². The van der Waals surface area contributed by atoms with Gasteiger partial charge >= 0.3 is 12.1 Å².